The van der Waals surface area contributed by atoms with E-state index in [1.54, 1.807) is 11.3 Å². The van der Waals surface area contributed by atoms with Gasteiger partial charge in [-0.25, -0.2) is 4.98 Å². The molecule has 4 heteroatoms. The standard InChI is InChI=1S/C14H21N3S/c1-10(17(3)4)9-15-11(2)14-16-12-7-5-6-8-13(12)18-14/h5-8,10-11,15H,9H2,1-4H3. The van der Waals surface area contributed by atoms with E-state index in [2.05, 4.69) is 61.3 Å². The van der Waals surface area contributed by atoms with Crippen LogP contribution in [0.4, 0.5) is 0 Å². The van der Waals surface area contributed by atoms with E-state index in [0.29, 0.717) is 12.1 Å². The average molecular weight is 263 g/mol. The number of fused-ring (bicyclic) bond motifs is 1. The third-order valence-corrected chi connectivity index (χ3v) is 4.50. The molecule has 0 aliphatic carbocycles. The molecule has 1 aromatic carbocycles. The summed E-state index contributed by atoms with van der Waals surface area (Å²) in [7, 11) is 4.21. The number of likely N-dealkylation sites (N-methyl/N-ethyl adjacent to an activating group) is 1. The number of hydrogen-bond donors (Lipinski definition) is 1. The number of nitrogens with one attached hydrogen (secondary N) is 1. The molecule has 3 nitrogen and oxygen atoms in total. The smallest absolute Gasteiger partial charge is 0.111 e. The molecule has 2 atom stereocenters. The van der Waals surface area contributed by atoms with E-state index in [-0.39, 0.29) is 0 Å². The second-order valence-electron chi connectivity index (χ2n) is 4.96. The first-order valence-electron chi connectivity index (χ1n) is 6.33. The molecule has 0 aliphatic rings. The van der Waals surface area contributed by atoms with Gasteiger partial charge < -0.3 is 10.2 Å². The van der Waals surface area contributed by atoms with Crippen LogP contribution in [0.25, 0.3) is 10.2 Å². The van der Waals surface area contributed by atoms with Crippen LogP contribution in [0.1, 0.15) is 24.9 Å². The molecule has 0 spiro atoms. The van der Waals surface area contributed by atoms with Crippen LogP contribution in [-0.4, -0.2) is 36.6 Å². The average Bonchev–Trinajstić information content (AvgIpc) is 2.79. The summed E-state index contributed by atoms with van der Waals surface area (Å²) in [6.45, 7) is 5.38. The van der Waals surface area contributed by atoms with E-state index in [1.807, 2.05) is 6.07 Å². The second kappa shape index (κ2) is 5.78. The summed E-state index contributed by atoms with van der Waals surface area (Å²) in [4.78, 5) is 6.90. The van der Waals surface area contributed by atoms with Gasteiger partial charge in [0.25, 0.3) is 0 Å². The van der Waals surface area contributed by atoms with Crippen molar-refractivity contribution in [2.24, 2.45) is 0 Å². The van der Waals surface area contributed by atoms with E-state index in [1.165, 1.54) is 9.71 Å². The molecule has 0 radical (unpaired) electrons. The van der Waals surface area contributed by atoms with Crippen LogP contribution in [0, 0.1) is 0 Å². The summed E-state index contributed by atoms with van der Waals surface area (Å²) in [5.74, 6) is 0. The number of thiazole rings is 1. The lowest BCUT2D eigenvalue weighted by Crippen LogP contribution is -2.36. The van der Waals surface area contributed by atoms with Gasteiger partial charge in [-0.15, -0.1) is 11.3 Å². The van der Waals surface area contributed by atoms with Crippen LogP contribution >= 0.6 is 11.3 Å². The molecule has 0 fully saturated rings. The molecule has 1 N–H and O–H groups in total. The Hall–Kier alpha value is -0.970. The molecular weight excluding hydrogens is 242 g/mol. The quantitative estimate of drug-likeness (QED) is 0.899. The van der Waals surface area contributed by atoms with Gasteiger partial charge in [0.15, 0.2) is 0 Å². The number of para-hydroxylation sites is 1. The number of rotatable bonds is 5. The molecule has 0 saturated carbocycles. The Bertz CT molecular complexity index is 473. The van der Waals surface area contributed by atoms with Crippen LogP contribution < -0.4 is 5.32 Å². The lowest BCUT2D eigenvalue weighted by atomic mass is 10.2. The largest absolute Gasteiger partial charge is 0.307 e. The highest BCUT2D eigenvalue weighted by atomic mass is 32.1. The van der Waals surface area contributed by atoms with E-state index in [9.17, 15) is 0 Å². The van der Waals surface area contributed by atoms with Gasteiger partial charge in [-0.1, -0.05) is 12.1 Å². The van der Waals surface area contributed by atoms with Gasteiger partial charge >= 0.3 is 0 Å². The molecule has 18 heavy (non-hydrogen) atoms. The Morgan fingerprint density at radius 1 is 1.28 bits per heavy atom. The van der Waals surface area contributed by atoms with Gasteiger partial charge in [0.2, 0.25) is 0 Å². The Labute approximate surface area is 113 Å². The first-order chi connectivity index (χ1) is 8.58. The van der Waals surface area contributed by atoms with Gasteiger partial charge in [-0.05, 0) is 40.1 Å². The van der Waals surface area contributed by atoms with Crippen molar-refractivity contribution in [3.63, 3.8) is 0 Å². The van der Waals surface area contributed by atoms with Crippen molar-refractivity contribution in [1.82, 2.24) is 15.2 Å². The maximum Gasteiger partial charge on any atom is 0.111 e. The maximum absolute atomic E-state index is 4.68. The summed E-state index contributed by atoms with van der Waals surface area (Å²) >= 11 is 1.78. The second-order valence-corrected chi connectivity index (χ2v) is 6.02. The lowest BCUT2D eigenvalue weighted by molar-refractivity contribution is 0.295. The third-order valence-electron chi connectivity index (χ3n) is 3.28. The zero-order valence-corrected chi connectivity index (χ0v) is 12.3. The zero-order valence-electron chi connectivity index (χ0n) is 11.5. The fourth-order valence-corrected chi connectivity index (χ4v) is 2.69. The van der Waals surface area contributed by atoms with Gasteiger partial charge in [0, 0.05) is 12.6 Å². The summed E-state index contributed by atoms with van der Waals surface area (Å²) < 4.78 is 1.27. The van der Waals surface area contributed by atoms with Gasteiger partial charge in [-0.3, -0.25) is 0 Å². The molecule has 1 heterocycles. The van der Waals surface area contributed by atoms with Crippen molar-refractivity contribution in [3.8, 4) is 0 Å². The topological polar surface area (TPSA) is 28.2 Å². The first kappa shape index (κ1) is 13.5. The van der Waals surface area contributed by atoms with Crippen molar-refractivity contribution in [2.75, 3.05) is 20.6 Å². The highest BCUT2D eigenvalue weighted by molar-refractivity contribution is 7.18. The van der Waals surface area contributed by atoms with E-state index < -0.39 is 0 Å². The van der Waals surface area contributed by atoms with Crippen molar-refractivity contribution in [1.29, 1.82) is 0 Å². The molecule has 0 amide bonds. The minimum Gasteiger partial charge on any atom is -0.307 e. The van der Waals surface area contributed by atoms with Crippen molar-refractivity contribution in [2.45, 2.75) is 25.9 Å². The van der Waals surface area contributed by atoms with Gasteiger partial charge in [0.05, 0.1) is 16.3 Å². The molecule has 98 valence electrons. The van der Waals surface area contributed by atoms with Crippen LogP contribution in [0.5, 0.6) is 0 Å². The van der Waals surface area contributed by atoms with Crippen LogP contribution in [0.2, 0.25) is 0 Å². The minimum absolute atomic E-state index is 0.310. The van der Waals surface area contributed by atoms with Crippen molar-refractivity contribution >= 4 is 21.6 Å². The molecule has 1 aromatic heterocycles. The Balaban J connectivity index is 2.02. The summed E-state index contributed by atoms with van der Waals surface area (Å²) in [6, 6.07) is 9.15. The Kier molecular flexibility index (Phi) is 4.32. The third kappa shape index (κ3) is 3.07. The summed E-state index contributed by atoms with van der Waals surface area (Å²) in [5, 5.41) is 4.72. The highest BCUT2D eigenvalue weighted by Crippen LogP contribution is 2.25. The molecule has 2 unspecified atom stereocenters. The summed E-state index contributed by atoms with van der Waals surface area (Å²) in [5.41, 5.74) is 1.10. The van der Waals surface area contributed by atoms with Gasteiger partial charge in [-0.2, -0.15) is 0 Å². The van der Waals surface area contributed by atoms with E-state index >= 15 is 0 Å². The monoisotopic (exact) mass is 263 g/mol. The zero-order chi connectivity index (χ0) is 13.1. The Morgan fingerprint density at radius 3 is 2.67 bits per heavy atom. The van der Waals surface area contributed by atoms with Crippen LogP contribution in [0.3, 0.4) is 0 Å². The summed E-state index contributed by atoms with van der Waals surface area (Å²) in [6.07, 6.45) is 0. The Morgan fingerprint density at radius 2 is 2.00 bits per heavy atom. The van der Waals surface area contributed by atoms with Crippen molar-refractivity contribution in [3.05, 3.63) is 29.3 Å². The minimum atomic E-state index is 0.310. The lowest BCUT2D eigenvalue weighted by Gasteiger charge is -2.22. The fraction of sp³-hybridized carbons (Fsp3) is 0.500. The predicted molar refractivity (Wildman–Crippen MR) is 79.2 cm³/mol. The molecular formula is C14H21N3S. The molecule has 0 aliphatic heterocycles. The SMILES string of the molecule is CC(NCC(C)N(C)C)c1nc2ccccc2s1. The number of nitrogens with zero attached hydrogens (tertiary/aromatic N) is 2. The highest BCUT2D eigenvalue weighted by Gasteiger charge is 2.12. The van der Waals surface area contributed by atoms with E-state index in [0.717, 1.165) is 12.1 Å². The molecule has 0 saturated heterocycles. The number of benzene rings is 1. The maximum atomic E-state index is 4.68. The van der Waals surface area contributed by atoms with Gasteiger partial charge in [0.1, 0.15) is 5.01 Å². The predicted octanol–water partition coefficient (Wildman–Crippen LogP) is 2.90. The van der Waals surface area contributed by atoms with Crippen LogP contribution in [-0.2, 0) is 0 Å². The number of aromatic nitrogens is 1. The molecule has 2 aromatic rings. The number of hydrogen-bond acceptors (Lipinski definition) is 4. The van der Waals surface area contributed by atoms with Crippen LogP contribution in [0.15, 0.2) is 24.3 Å². The first-order valence-corrected chi connectivity index (χ1v) is 7.15. The van der Waals surface area contributed by atoms with Crippen molar-refractivity contribution < 1.29 is 0 Å². The normalized spacial score (nSPS) is 15.2. The molecule has 2 rings (SSSR count). The molecule has 0 bridgehead atoms. The van der Waals surface area contributed by atoms with E-state index in [4.69, 9.17) is 0 Å². The fourth-order valence-electron chi connectivity index (χ4n) is 1.69.